The predicted molar refractivity (Wildman–Crippen MR) is 97.6 cm³/mol. The molecule has 0 saturated carbocycles. The minimum absolute atomic E-state index is 0.244. The van der Waals surface area contributed by atoms with Crippen LogP contribution >= 0.6 is 0 Å². The summed E-state index contributed by atoms with van der Waals surface area (Å²) in [5.41, 5.74) is 3.24. The van der Waals surface area contributed by atoms with Crippen LogP contribution in [0.5, 0.6) is 0 Å². The molecular weight excluding hydrogens is 298 g/mol. The van der Waals surface area contributed by atoms with Crippen LogP contribution in [-0.2, 0) is 0 Å². The van der Waals surface area contributed by atoms with E-state index in [4.69, 9.17) is 0 Å². The van der Waals surface area contributed by atoms with Gasteiger partial charge in [0.2, 0.25) is 0 Å². The van der Waals surface area contributed by atoms with Crippen molar-refractivity contribution in [1.82, 2.24) is 10.2 Å². The van der Waals surface area contributed by atoms with E-state index in [2.05, 4.69) is 40.2 Å². The third kappa shape index (κ3) is 3.04. The Morgan fingerprint density at radius 1 is 1.04 bits per heavy atom. The quantitative estimate of drug-likeness (QED) is 0.907. The van der Waals surface area contributed by atoms with Crippen LogP contribution in [0.3, 0.4) is 0 Å². The molecule has 2 atom stereocenters. The molecule has 4 rings (SSSR count). The SMILES string of the molecule is Cc1ccc(N2CCCC2)c(C(=O)N2CC[C@@H]3CNC[C@@H]3CC2)c1. The first-order chi connectivity index (χ1) is 11.7. The smallest absolute Gasteiger partial charge is 0.255 e. The number of nitrogens with zero attached hydrogens (tertiary/aromatic N) is 2. The van der Waals surface area contributed by atoms with E-state index in [1.807, 2.05) is 0 Å². The van der Waals surface area contributed by atoms with Crippen LogP contribution in [0, 0.1) is 18.8 Å². The van der Waals surface area contributed by atoms with Crippen LogP contribution in [0.1, 0.15) is 41.6 Å². The van der Waals surface area contributed by atoms with Crippen molar-refractivity contribution < 1.29 is 4.79 Å². The molecule has 3 fully saturated rings. The summed E-state index contributed by atoms with van der Waals surface area (Å²) in [6, 6.07) is 6.40. The monoisotopic (exact) mass is 327 g/mol. The molecule has 0 aromatic heterocycles. The van der Waals surface area contributed by atoms with Gasteiger partial charge in [0.15, 0.2) is 0 Å². The summed E-state index contributed by atoms with van der Waals surface area (Å²) >= 11 is 0. The van der Waals surface area contributed by atoms with Crippen LogP contribution in [0.25, 0.3) is 0 Å². The molecule has 4 nitrogen and oxygen atoms in total. The molecule has 0 bridgehead atoms. The number of likely N-dealkylation sites (tertiary alicyclic amines) is 1. The summed E-state index contributed by atoms with van der Waals surface area (Å²) in [4.78, 5) is 17.8. The van der Waals surface area contributed by atoms with Gasteiger partial charge in [-0.3, -0.25) is 4.79 Å². The molecule has 3 aliphatic rings. The molecule has 130 valence electrons. The van der Waals surface area contributed by atoms with Gasteiger partial charge in [0, 0.05) is 31.9 Å². The first-order valence-corrected chi connectivity index (χ1v) is 9.58. The number of benzene rings is 1. The number of fused-ring (bicyclic) bond motifs is 1. The molecule has 0 radical (unpaired) electrons. The van der Waals surface area contributed by atoms with Gasteiger partial charge in [-0.1, -0.05) is 11.6 Å². The lowest BCUT2D eigenvalue weighted by Gasteiger charge is -2.26. The molecule has 1 amide bonds. The predicted octanol–water partition coefficient (Wildman–Crippen LogP) is 2.67. The van der Waals surface area contributed by atoms with Crippen molar-refractivity contribution in [1.29, 1.82) is 0 Å². The molecule has 1 aromatic carbocycles. The molecule has 0 aliphatic carbocycles. The first kappa shape index (κ1) is 15.9. The number of carbonyl (C=O) groups excluding carboxylic acids is 1. The third-order valence-electron chi connectivity index (χ3n) is 6.14. The topological polar surface area (TPSA) is 35.6 Å². The molecule has 0 unspecified atom stereocenters. The van der Waals surface area contributed by atoms with Crippen LogP contribution in [-0.4, -0.2) is 50.1 Å². The summed E-state index contributed by atoms with van der Waals surface area (Å²) in [6.07, 6.45) is 4.77. The van der Waals surface area contributed by atoms with Gasteiger partial charge in [0.1, 0.15) is 0 Å². The Hall–Kier alpha value is -1.55. The van der Waals surface area contributed by atoms with Gasteiger partial charge in [-0.15, -0.1) is 0 Å². The Balaban J connectivity index is 1.56. The second-order valence-electron chi connectivity index (χ2n) is 7.76. The van der Waals surface area contributed by atoms with Crippen molar-refractivity contribution in [2.75, 3.05) is 44.2 Å². The second-order valence-corrected chi connectivity index (χ2v) is 7.76. The van der Waals surface area contributed by atoms with E-state index >= 15 is 0 Å². The van der Waals surface area contributed by atoms with Crippen molar-refractivity contribution in [3.8, 4) is 0 Å². The minimum Gasteiger partial charge on any atom is -0.371 e. The standard InChI is InChI=1S/C20H29N3O/c1-15-4-5-19(22-8-2-3-9-22)18(12-15)20(24)23-10-6-16-13-21-14-17(16)7-11-23/h4-5,12,16-17,21H,2-3,6-11,13-14H2,1H3/t16-,17+. The molecule has 3 heterocycles. The zero-order valence-corrected chi connectivity index (χ0v) is 14.8. The fourth-order valence-corrected chi connectivity index (χ4v) is 4.65. The van der Waals surface area contributed by atoms with Crippen molar-refractivity contribution >= 4 is 11.6 Å². The second kappa shape index (κ2) is 6.75. The highest BCUT2D eigenvalue weighted by Crippen LogP contribution is 2.30. The zero-order chi connectivity index (χ0) is 16.5. The van der Waals surface area contributed by atoms with Gasteiger partial charge in [-0.25, -0.2) is 0 Å². The Kier molecular flexibility index (Phi) is 4.49. The maximum Gasteiger partial charge on any atom is 0.255 e. The normalized spacial score (nSPS) is 27.2. The van der Waals surface area contributed by atoms with Gasteiger partial charge in [-0.05, 0) is 69.7 Å². The van der Waals surface area contributed by atoms with Crippen LogP contribution in [0.15, 0.2) is 18.2 Å². The summed E-state index contributed by atoms with van der Waals surface area (Å²) in [7, 11) is 0. The molecule has 1 aromatic rings. The van der Waals surface area contributed by atoms with Crippen LogP contribution < -0.4 is 10.2 Å². The lowest BCUT2D eigenvalue weighted by atomic mass is 9.92. The molecular formula is C20H29N3O. The highest BCUT2D eigenvalue weighted by molar-refractivity contribution is 6.00. The number of carbonyl (C=O) groups is 1. The maximum atomic E-state index is 13.3. The van der Waals surface area contributed by atoms with Gasteiger partial charge in [-0.2, -0.15) is 0 Å². The molecule has 4 heteroatoms. The van der Waals surface area contributed by atoms with E-state index in [-0.39, 0.29) is 5.91 Å². The minimum atomic E-state index is 0.244. The number of nitrogens with one attached hydrogen (secondary N) is 1. The van der Waals surface area contributed by atoms with Crippen LogP contribution in [0.2, 0.25) is 0 Å². The Bertz CT molecular complexity index is 595. The summed E-state index contributed by atoms with van der Waals surface area (Å²) < 4.78 is 0. The number of anilines is 1. The largest absolute Gasteiger partial charge is 0.371 e. The third-order valence-corrected chi connectivity index (χ3v) is 6.14. The van der Waals surface area contributed by atoms with Crippen molar-refractivity contribution in [2.24, 2.45) is 11.8 Å². The highest BCUT2D eigenvalue weighted by atomic mass is 16.2. The van der Waals surface area contributed by atoms with Gasteiger partial charge < -0.3 is 15.1 Å². The molecule has 24 heavy (non-hydrogen) atoms. The number of hydrogen-bond acceptors (Lipinski definition) is 3. The summed E-state index contributed by atoms with van der Waals surface area (Å²) in [5, 5.41) is 3.51. The number of hydrogen-bond donors (Lipinski definition) is 1. The van der Waals surface area contributed by atoms with Gasteiger partial charge in [0.05, 0.1) is 5.56 Å². The van der Waals surface area contributed by atoms with E-state index in [0.29, 0.717) is 0 Å². The van der Waals surface area contributed by atoms with E-state index < -0.39 is 0 Å². The highest BCUT2D eigenvalue weighted by Gasteiger charge is 2.32. The molecule has 0 spiro atoms. The van der Waals surface area contributed by atoms with Gasteiger partial charge >= 0.3 is 0 Å². The summed E-state index contributed by atoms with van der Waals surface area (Å²) in [5.74, 6) is 1.77. The van der Waals surface area contributed by atoms with E-state index in [1.165, 1.54) is 18.4 Å². The van der Waals surface area contributed by atoms with Crippen molar-refractivity contribution in [3.05, 3.63) is 29.3 Å². The summed E-state index contributed by atoms with van der Waals surface area (Å²) in [6.45, 7) is 8.35. The van der Waals surface area contributed by atoms with Crippen molar-refractivity contribution in [3.63, 3.8) is 0 Å². The first-order valence-electron chi connectivity index (χ1n) is 9.58. The van der Waals surface area contributed by atoms with Crippen molar-refractivity contribution in [2.45, 2.75) is 32.6 Å². The molecule has 3 saturated heterocycles. The Labute approximate surface area is 145 Å². The fourth-order valence-electron chi connectivity index (χ4n) is 4.65. The Morgan fingerprint density at radius 2 is 1.71 bits per heavy atom. The van der Waals surface area contributed by atoms with Gasteiger partial charge in [0.25, 0.3) is 5.91 Å². The number of amides is 1. The number of rotatable bonds is 2. The zero-order valence-electron chi connectivity index (χ0n) is 14.8. The lowest BCUT2D eigenvalue weighted by molar-refractivity contribution is 0.0759. The number of aryl methyl sites for hydroxylation is 1. The average molecular weight is 327 g/mol. The fraction of sp³-hybridized carbons (Fsp3) is 0.650. The molecule has 1 N–H and O–H groups in total. The Morgan fingerprint density at radius 3 is 2.38 bits per heavy atom. The lowest BCUT2D eigenvalue weighted by Crippen LogP contribution is -2.34. The average Bonchev–Trinajstić information content (AvgIpc) is 3.23. The maximum absolute atomic E-state index is 13.3. The molecule has 3 aliphatic heterocycles. The van der Waals surface area contributed by atoms with E-state index in [1.54, 1.807) is 0 Å². The van der Waals surface area contributed by atoms with E-state index in [9.17, 15) is 4.79 Å². The van der Waals surface area contributed by atoms with Crippen LogP contribution in [0.4, 0.5) is 5.69 Å². The van der Waals surface area contributed by atoms with E-state index in [0.717, 1.165) is 75.2 Å².